The van der Waals surface area contributed by atoms with Crippen molar-refractivity contribution >= 4 is 11.8 Å². The molecule has 1 unspecified atom stereocenters. The molecule has 0 radical (unpaired) electrons. The number of likely N-dealkylation sites (tertiary alicyclic amines) is 2. The SMILES string of the molecule is NC(=O)c1ccccc1OCc1cccc(C(=O)N2CCCC(CN3CCCCCC3)C2)c1. The van der Waals surface area contributed by atoms with Crippen molar-refractivity contribution in [3.8, 4) is 5.75 Å². The molecular weight excluding hydrogens is 414 g/mol. The van der Waals surface area contributed by atoms with Gasteiger partial charge in [-0.1, -0.05) is 37.1 Å². The van der Waals surface area contributed by atoms with Gasteiger partial charge in [0.15, 0.2) is 0 Å². The lowest BCUT2D eigenvalue weighted by molar-refractivity contribution is 0.0641. The minimum Gasteiger partial charge on any atom is -0.488 e. The number of nitrogens with two attached hydrogens (primary N) is 1. The van der Waals surface area contributed by atoms with Crippen LogP contribution < -0.4 is 10.5 Å². The van der Waals surface area contributed by atoms with Crippen LogP contribution in [0.2, 0.25) is 0 Å². The van der Waals surface area contributed by atoms with E-state index in [1.807, 2.05) is 29.2 Å². The highest BCUT2D eigenvalue weighted by Gasteiger charge is 2.26. The highest BCUT2D eigenvalue weighted by molar-refractivity contribution is 5.95. The molecule has 4 rings (SSSR count). The smallest absolute Gasteiger partial charge is 0.253 e. The number of carbonyl (C=O) groups is 2. The second kappa shape index (κ2) is 11.3. The summed E-state index contributed by atoms with van der Waals surface area (Å²) in [5.74, 6) is 0.580. The van der Waals surface area contributed by atoms with Crippen molar-refractivity contribution in [1.29, 1.82) is 0 Å². The Hall–Kier alpha value is -2.86. The Morgan fingerprint density at radius 3 is 2.52 bits per heavy atom. The highest BCUT2D eigenvalue weighted by Crippen LogP contribution is 2.23. The molecule has 2 heterocycles. The molecule has 0 aliphatic carbocycles. The van der Waals surface area contributed by atoms with Gasteiger partial charge in [-0.05, 0) is 74.5 Å². The molecule has 33 heavy (non-hydrogen) atoms. The van der Waals surface area contributed by atoms with Crippen molar-refractivity contribution in [2.75, 3.05) is 32.7 Å². The van der Waals surface area contributed by atoms with E-state index < -0.39 is 5.91 Å². The zero-order valence-corrected chi connectivity index (χ0v) is 19.4. The van der Waals surface area contributed by atoms with Gasteiger partial charge in [0, 0.05) is 25.2 Å². The molecule has 2 amide bonds. The van der Waals surface area contributed by atoms with Gasteiger partial charge in [0.25, 0.3) is 11.8 Å². The van der Waals surface area contributed by atoms with E-state index in [1.165, 1.54) is 45.2 Å². The monoisotopic (exact) mass is 449 g/mol. The van der Waals surface area contributed by atoms with Gasteiger partial charge in [0.1, 0.15) is 12.4 Å². The molecule has 176 valence electrons. The maximum atomic E-state index is 13.3. The van der Waals surface area contributed by atoms with E-state index in [2.05, 4.69) is 4.90 Å². The summed E-state index contributed by atoms with van der Waals surface area (Å²) in [5, 5.41) is 0. The zero-order valence-electron chi connectivity index (χ0n) is 19.4. The molecule has 2 N–H and O–H groups in total. The third-order valence-corrected chi connectivity index (χ3v) is 6.74. The molecule has 2 aromatic rings. The highest BCUT2D eigenvalue weighted by atomic mass is 16.5. The molecule has 0 saturated carbocycles. The first-order valence-electron chi connectivity index (χ1n) is 12.2. The van der Waals surface area contributed by atoms with Crippen LogP contribution in [0.25, 0.3) is 0 Å². The molecule has 0 spiro atoms. The summed E-state index contributed by atoms with van der Waals surface area (Å²) in [6, 6.07) is 14.5. The number of para-hydroxylation sites is 1. The summed E-state index contributed by atoms with van der Waals surface area (Å²) in [4.78, 5) is 29.5. The standard InChI is InChI=1S/C27H35N3O3/c28-26(31)24-12-3-4-13-25(24)33-20-21-9-7-11-23(17-21)27(32)30-16-8-10-22(19-30)18-29-14-5-1-2-6-15-29/h3-4,7,9,11-13,17,22H,1-2,5-6,8,10,14-16,18-20H2,(H2,28,31). The maximum absolute atomic E-state index is 13.3. The van der Waals surface area contributed by atoms with Gasteiger partial charge in [0.05, 0.1) is 5.56 Å². The van der Waals surface area contributed by atoms with E-state index in [0.29, 0.717) is 22.8 Å². The molecule has 0 bridgehead atoms. The number of carbonyl (C=O) groups excluding carboxylic acids is 2. The van der Waals surface area contributed by atoms with Crippen LogP contribution in [0.5, 0.6) is 5.75 Å². The number of ether oxygens (including phenoxy) is 1. The molecule has 2 aliphatic rings. The van der Waals surface area contributed by atoms with Crippen molar-refractivity contribution in [1.82, 2.24) is 9.80 Å². The fourth-order valence-electron chi connectivity index (χ4n) is 5.02. The van der Waals surface area contributed by atoms with E-state index in [1.54, 1.807) is 24.3 Å². The van der Waals surface area contributed by atoms with E-state index in [0.717, 1.165) is 31.6 Å². The van der Waals surface area contributed by atoms with Crippen LogP contribution in [0.1, 0.15) is 64.8 Å². The van der Waals surface area contributed by atoms with Gasteiger partial charge in [-0.3, -0.25) is 9.59 Å². The Morgan fingerprint density at radius 2 is 1.73 bits per heavy atom. The lowest BCUT2D eigenvalue weighted by Crippen LogP contribution is -2.44. The van der Waals surface area contributed by atoms with E-state index in [4.69, 9.17) is 10.5 Å². The summed E-state index contributed by atoms with van der Waals surface area (Å²) < 4.78 is 5.85. The van der Waals surface area contributed by atoms with Crippen LogP contribution in [0, 0.1) is 5.92 Å². The Morgan fingerprint density at radius 1 is 0.939 bits per heavy atom. The third-order valence-electron chi connectivity index (χ3n) is 6.74. The fourth-order valence-corrected chi connectivity index (χ4v) is 5.02. The minimum absolute atomic E-state index is 0.0925. The predicted molar refractivity (Wildman–Crippen MR) is 129 cm³/mol. The Labute approximate surface area is 196 Å². The molecule has 2 saturated heterocycles. The summed E-state index contributed by atoms with van der Waals surface area (Å²) in [5.41, 5.74) is 7.37. The van der Waals surface area contributed by atoms with E-state index in [9.17, 15) is 9.59 Å². The van der Waals surface area contributed by atoms with Gasteiger partial charge in [-0.2, -0.15) is 0 Å². The molecule has 2 fully saturated rings. The fraction of sp³-hybridized carbons (Fsp3) is 0.481. The van der Waals surface area contributed by atoms with Crippen molar-refractivity contribution in [2.24, 2.45) is 11.7 Å². The summed E-state index contributed by atoms with van der Waals surface area (Å²) >= 11 is 0. The number of rotatable bonds is 7. The molecule has 6 heteroatoms. The van der Waals surface area contributed by atoms with E-state index in [-0.39, 0.29) is 12.5 Å². The topological polar surface area (TPSA) is 75.9 Å². The molecule has 2 aromatic carbocycles. The first-order valence-corrected chi connectivity index (χ1v) is 12.2. The van der Waals surface area contributed by atoms with Crippen LogP contribution >= 0.6 is 0 Å². The van der Waals surface area contributed by atoms with Crippen LogP contribution in [-0.2, 0) is 6.61 Å². The van der Waals surface area contributed by atoms with Crippen molar-refractivity contribution < 1.29 is 14.3 Å². The van der Waals surface area contributed by atoms with Gasteiger partial charge >= 0.3 is 0 Å². The zero-order chi connectivity index (χ0) is 23.0. The number of primary amides is 1. The van der Waals surface area contributed by atoms with Crippen molar-refractivity contribution in [2.45, 2.75) is 45.1 Å². The van der Waals surface area contributed by atoms with Crippen LogP contribution in [0.4, 0.5) is 0 Å². The molecule has 2 aliphatic heterocycles. The number of hydrogen-bond donors (Lipinski definition) is 1. The lowest BCUT2D eigenvalue weighted by Gasteiger charge is -2.35. The number of benzene rings is 2. The number of nitrogens with zero attached hydrogens (tertiary/aromatic N) is 2. The average molecular weight is 450 g/mol. The molecular formula is C27H35N3O3. The van der Waals surface area contributed by atoms with Crippen molar-refractivity contribution in [3.63, 3.8) is 0 Å². The Balaban J connectivity index is 1.36. The average Bonchev–Trinajstić information content (AvgIpc) is 3.11. The largest absolute Gasteiger partial charge is 0.488 e. The van der Waals surface area contributed by atoms with Crippen molar-refractivity contribution in [3.05, 3.63) is 65.2 Å². The molecule has 0 aromatic heterocycles. The third kappa shape index (κ3) is 6.35. The first-order chi connectivity index (χ1) is 16.1. The van der Waals surface area contributed by atoms with Gasteiger partial charge < -0.3 is 20.3 Å². The normalized spacial score (nSPS) is 19.6. The lowest BCUT2D eigenvalue weighted by atomic mass is 9.96. The minimum atomic E-state index is -0.519. The number of piperidine rings is 1. The summed E-state index contributed by atoms with van der Waals surface area (Å²) in [6.07, 6.45) is 7.56. The van der Waals surface area contributed by atoms with Gasteiger partial charge in [-0.15, -0.1) is 0 Å². The number of hydrogen-bond acceptors (Lipinski definition) is 4. The van der Waals surface area contributed by atoms with Crippen LogP contribution in [0.3, 0.4) is 0 Å². The number of amides is 2. The van der Waals surface area contributed by atoms with Gasteiger partial charge in [0.2, 0.25) is 0 Å². The first kappa shape index (κ1) is 23.3. The van der Waals surface area contributed by atoms with Crippen LogP contribution in [-0.4, -0.2) is 54.3 Å². The van der Waals surface area contributed by atoms with E-state index >= 15 is 0 Å². The summed E-state index contributed by atoms with van der Waals surface area (Å²) in [7, 11) is 0. The second-order valence-electron chi connectivity index (χ2n) is 9.32. The van der Waals surface area contributed by atoms with Gasteiger partial charge in [-0.25, -0.2) is 0 Å². The molecule has 6 nitrogen and oxygen atoms in total. The Bertz CT molecular complexity index is 953. The quantitative estimate of drug-likeness (QED) is 0.691. The Kier molecular flexibility index (Phi) is 8.00. The second-order valence-corrected chi connectivity index (χ2v) is 9.32. The maximum Gasteiger partial charge on any atom is 0.253 e. The van der Waals surface area contributed by atoms with Crippen LogP contribution in [0.15, 0.2) is 48.5 Å². The summed E-state index contributed by atoms with van der Waals surface area (Å²) in [6.45, 7) is 5.43. The molecule has 1 atom stereocenters. The predicted octanol–water partition coefficient (Wildman–Crippen LogP) is 4.09.